The fourth-order valence-electron chi connectivity index (χ4n) is 1.55. The Morgan fingerprint density at radius 3 is 3.00 bits per heavy atom. The van der Waals surface area contributed by atoms with Crippen molar-refractivity contribution >= 4 is 22.7 Å². The molecule has 6 nitrogen and oxygen atoms in total. The van der Waals surface area contributed by atoms with E-state index in [1.54, 1.807) is 18.2 Å². The van der Waals surface area contributed by atoms with Gasteiger partial charge in [0, 0.05) is 18.1 Å². The number of amides is 1. The SMILES string of the molecule is O=C(Nc1ccc2ocnc2c1)c1cnccn1. The van der Waals surface area contributed by atoms with Crippen LogP contribution in [0.4, 0.5) is 5.69 Å². The van der Waals surface area contributed by atoms with Gasteiger partial charge in [0.1, 0.15) is 11.2 Å². The zero-order valence-corrected chi connectivity index (χ0v) is 9.20. The third-order valence-corrected chi connectivity index (χ3v) is 2.38. The number of fused-ring (bicyclic) bond motifs is 1. The predicted octanol–water partition coefficient (Wildman–Crippen LogP) is 1.87. The summed E-state index contributed by atoms with van der Waals surface area (Å²) in [5, 5.41) is 2.72. The molecule has 88 valence electrons. The van der Waals surface area contributed by atoms with Crippen molar-refractivity contribution in [2.24, 2.45) is 0 Å². The first-order valence-corrected chi connectivity index (χ1v) is 5.23. The molecular weight excluding hydrogens is 232 g/mol. The monoisotopic (exact) mass is 240 g/mol. The van der Waals surface area contributed by atoms with E-state index in [1.807, 2.05) is 0 Å². The molecule has 18 heavy (non-hydrogen) atoms. The number of nitrogens with one attached hydrogen (secondary N) is 1. The van der Waals surface area contributed by atoms with Gasteiger partial charge in [-0.15, -0.1) is 0 Å². The molecule has 0 bridgehead atoms. The van der Waals surface area contributed by atoms with Crippen molar-refractivity contribution in [3.8, 4) is 0 Å². The van der Waals surface area contributed by atoms with Crippen molar-refractivity contribution in [1.82, 2.24) is 15.0 Å². The van der Waals surface area contributed by atoms with Crippen LogP contribution in [0.3, 0.4) is 0 Å². The van der Waals surface area contributed by atoms with E-state index in [2.05, 4.69) is 20.3 Å². The zero-order valence-electron chi connectivity index (χ0n) is 9.20. The van der Waals surface area contributed by atoms with Crippen LogP contribution in [0.5, 0.6) is 0 Å². The van der Waals surface area contributed by atoms with Crippen LogP contribution < -0.4 is 5.32 Å². The Bertz CT molecular complexity index is 693. The summed E-state index contributed by atoms with van der Waals surface area (Å²) in [5.41, 5.74) is 2.25. The number of rotatable bonds is 2. The van der Waals surface area contributed by atoms with Gasteiger partial charge in [0.15, 0.2) is 12.0 Å². The first-order chi connectivity index (χ1) is 8.83. The lowest BCUT2D eigenvalue weighted by atomic mass is 10.3. The lowest BCUT2D eigenvalue weighted by molar-refractivity contribution is 0.102. The molecule has 0 saturated heterocycles. The average molecular weight is 240 g/mol. The van der Waals surface area contributed by atoms with E-state index in [0.29, 0.717) is 16.8 Å². The van der Waals surface area contributed by atoms with Crippen LogP contribution in [0.2, 0.25) is 0 Å². The molecule has 1 aromatic carbocycles. The predicted molar refractivity (Wildman–Crippen MR) is 64.0 cm³/mol. The fraction of sp³-hybridized carbons (Fsp3) is 0. The highest BCUT2D eigenvalue weighted by molar-refractivity contribution is 6.03. The summed E-state index contributed by atoms with van der Waals surface area (Å²) in [4.78, 5) is 23.6. The Morgan fingerprint density at radius 2 is 2.17 bits per heavy atom. The number of oxazole rings is 1. The molecule has 0 radical (unpaired) electrons. The van der Waals surface area contributed by atoms with Gasteiger partial charge >= 0.3 is 0 Å². The second-order valence-corrected chi connectivity index (χ2v) is 3.58. The number of carbonyl (C=O) groups is 1. The second kappa shape index (κ2) is 4.25. The molecule has 0 aliphatic heterocycles. The summed E-state index contributed by atoms with van der Waals surface area (Å²) < 4.78 is 5.12. The number of benzene rings is 1. The lowest BCUT2D eigenvalue weighted by Crippen LogP contribution is -2.13. The molecule has 3 aromatic rings. The van der Waals surface area contributed by atoms with Gasteiger partial charge < -0.3 is 9.73 Å². The Labute approximate surface area is 102 Å². The molecular formula is C12H8N4O2. The van der Waals surface area contributed by atoms with Crippen molar-refractivity contribution in [2.45, 2.75) is 0 Å². The van der Waals surface area contributed by atoms with E-state index in [1.165, 1.54) is 25.0 Å². The number of hydrogen-bond acceptors (Lipinski definition) is 5. The van der Waals surface area contributed by atoms with Gasteiger partial charge in [0.2, 0.25) is 0 Å². The Kier molecular flexibility index (Phi) is 2.45. The largest absolute Gasteiger partial charge is 0.443 e. The minimum Gasteiger partial charge on any atom is -0.443 e. The van der Waals surface area contributed by atoms with E-state index < -0.39 is 0 Å². The summed E-state index contributed by atoms with van der Waals surface area (Å²) in [6.45, 7) is 0. The smallest absolute Gasteiger partial charge is 0.275 e. The fourth-order valence-corrected chi connectivity index (χ4v) is 1.55. The maximum Gasteiger partial charge on any atom is 0.275 e. The van der Waals surface area contributed by atoms with Gasteiger partial charge in [-0.2, -0.15) is 0 Å². The lowest BCUT2D eigenvalue weighted by Gasteiger charge is -2.03. The van der Waals surface area contributed by atoms with Gasteiger partial charge in [-0.25, -0.2) is 9.97 Å². The molecule has 0 saturated carbocycles. The van der Waals surface area contributed by atoms with Crippen LogP contribution in [0.15, 0.2) is 47.6 Å². The molecule has 2 aromatic heterocycles. The molecule has 0 aliphatic rings. The van der Waals surface area contributed by atoms with Crippen molar-refractivity contribution < 1.29 is 9.21 Å². The summed E-state index contributed by atoms with van der Waals surface area (Å²) in [5.74, 6) is -0.314. The van der Waals surface area contributed by atoms with Crippen LogP contribution in [0, 0.1) is 0 Å². The standard InChI is InChI=1S/C12H8N4O2/c17-12(10-6-13-3-4-14-10)16-8-1-2-11-9(5-8)15-7-18-11/h1-7H,(H,16,17). The third-order valence-electron chi connectivity index (χ3n) is 2.38. The molecule has 1 N–H and O–H groups in total. The average Bonchev–Trinajstić information content (AvgIpc) is 2.87. The van der Waals surface area contributed by atoms with E-state index >= 15 is 0 Å². The summed E-state index contributed by atoms with van der Waals surface area (Å²) in [6, 6.07) is 5.21. The van der Waals surface area contributed by atoms with Crippen LogP contribution in [0.25, 0.3) is 11.1 Å². The molecule has 0 unspecified atom stereocenters. The van der Waals surface area contributed by atoms with Gasteiger partial charge in [-0.05, 0) is 18.2 Å². The molecule has 0 atom stereocenters. The van der Waals surface area contributed by atoms with Crippen molar-refractivity contribution in [2.75, 3.05) is 5.32 Å². The summed E-state index contributed by atoms with van der Waals surface area (Å²) >= 11 is 0. The van der Waals surface area contributed by atoms with Crippen molar-refractivity contribution in [3.05, 3.63) is 48.9 Å². The highest BCUT2D eigenvalue weighted by atomic mass is 16.3. The van der Waals surface area contributed by atoms with E-state index in [-0.39, 0.29) is 11.6 Å². The van der Waals surface area contributed by atoms with Crippen LogP contribution >= 0.6 is 0 Å². The third kappa shape index (κ3) is 1.91. The highest BCUT2D eigenvalue weighted by Crippen LogP contribution is 2.17. The van der Waals surface area contributed by atoms with Gasteiger partial charge in [-0.1, -0.05) is 0 Å². The molecule has 0 fully saturated rings. The first kappa shape index (κ1) is 10.4. The second-order valence-electron chi connectivity index (χ2n) is 3.58. The topological polar surface area (TPSA) is 80.9 Å². The summed E-state index contributed by atoms with van der Waals surface area (Å²) in [6.07, 6.45) is 5.75. The maximum atomic E-state index is 11.8. The van der Waals surface area contributed by atoms with Crippen molar-refractivity contribution in [3.63, 3.8) is 0 Å². The van der Waals surface area contributed by atoms with Gasteiger partial charge in [0.05, 0.1) is 6.20 Å². The molecule has 6 heteroatoms. The number of carbonyl (C=O) groups excluding carboxylic acids is 1. The zero-order chi connectivity index (χ0) is 12.4. The van der Waals surface area contributed by atoms with Crippen molar-refractivity contribution in [1.29, 1.82) is 0 Å². The van der Waals surface area contributed by atoms with Gasteiger partial charge in [0.25, 0.3) is 5.91 Å². The van der Waals surface area contributed by atoms with Crippen LogP contribution in [-0.4, -0.2) is 20.9 Å². The summed E-state index contributed by atoms with van der Waals surface area (Å²) in [7, 11) is 0. The molecule has 3 rings (SSSR count). The first-order valence-electron chi connectivity index (χ1n) is 5.23. The van der Waals surface area contributed by atoms with Crippen LogP contribution in [-0.2, 0) is 0 Å². The van der Waals surface area contributed by atoms with Crippen LogP contribution in [0.1, 0.15) is 10.5 Å². The Hall–Kier alpha value is -2.76. The number of anilines is 1. The minimum absolute atomic E-state index is 0.262. The molecule has 0 spiro atoms. The highest BCUT2D eigenvalue weighted by Gasteiger charge is 2.08. The Morgan fingerprint density at radius 1 is 1.22 bits per heavy atom. The number of aromatic nitrogens is 3. The van der Waals surface area contributed by atoms with E-state index in [0.717, 1.165) is 0 Å². The normalized spacial score (nSPS) is 10.4. The van der Waals surface area contributed by atoms with E-state index in [9.17, 15) is 4.79 Å². The molecule has 2 heterocycles. The molecule has 1 amide bonds. The maximum absolute atomic E-state index is 11.8. The number of hydrogen-bond donors (Lipinski definition) is 1. The van der Waals surface area contributed by atoms with Gasteiger partial charge in [-0.3, -0.25) is 9.78 Å². The van der Waals surface area contributed by atoms with E-state index in [4.69, 9.17) is 4.42 Å². The quantitative estimate of drug-likeness (QED) is 0.739. The molecule has 0 aliphatic carbocycles. The Balaban J connectivity index is 1.86. The number of nitrogens with zero attached hydrogens (tertiary/aromatic N) is 3. The minimum atomic E-state index is -0.314.